The standard InChI is InChI=1S/C17H22F2N2O3/c1-17(23-7-8-24-17)13-3-2-6-21(11-13)16(22)20-10-12-9-14(18)4-5-15(12)19/h4-5,9,13H,2-3,6-8,10-11H2,1H3,(H,20,22). The van der Waals surface area contributed by atoms with Crippen molar-refractivity contribution in [3.05, 3.63) is 35.4 Å². The summed E-state index contributed by atoms with van der Waals surface area (Å²) in [6.07, 6.45) is 1.79. The molecule has 2 amide bonds. The van der Waals surface area contributed by atoms with E-state index in [4.69, 9.17) is 9.47 Å². The number of ether oxygens (including phenoxy) is 2. The Hall–Kier alpha value is -1.73. The zero-order valence-corrected chi connectivity index (χ0v) is 13.7. The van der Waals surface area contributed by atoms with Crippen LogP contribution in [0.15, 0.2) is 18.2 Å². The molecule has 2 aliphatic heterocycles. The van der Waals surface area contributed by atoms with Crippen LogP contribution < -0.4 is 5.32 Å². The van der Waals surface area contributed by atoms with Crippen molar-refractivity contribution in [3.8, 4) is 0 Å². The average Bonchev–Trinajstić information content (AvgIpc) is 3.03. The molecule has 0 aromatic heterocycles. The first-order chi connectivity index (χ1) is 11.5. The van der Waals surface area contributed by atoms with Crippen LogP contribution in [0.25, 0.3) is 0 Å². The van der Waals surface area contributed by atoms with E-state index in [9.17, 15) is 13.6 Å². The molecule has 0 bridgehead atoms. The minimum Gasteiger partial charge on any atom is -0.347 e. The third-order valence-corrected chi connectivity index (χ3v) is 4.75. The van der Waals surface area contributed by atoms with Crippen LogP contribution in [0.4, 0.5) is 13.6 Å². The second kappa shape index (κ2) is 7.03. The Morgan fingerprint density at radius 3 is 2.88 bits per heavy atom. The zero-order chi connectivity index (χ0) is 17.2. The van der Waals surface area contributed by atoms with Crippen LogP contribution in [0.3, 0.4) is 0 Å². The Bertz CT molecular complexity index is 605. The van der Waals surface area contributed by atoms with Crippen molar-refractivity contribution in [2.24, 2.45) is 5.92 Å². The first kappa shape index (κ1) is 17.1. The first-order valence-corrected chi connectivity index (χ1v) is 8.22. The molecule has 7 heteroatoms. The maximum absolute atomic E-state index is 13.6. The number of nitrogens with zero attached hydrogens (tertiary/aromatic N) is 1. The molecule has 132 valence electrons. The summed E-state index contributed by atoms with van der Waals surface area (Å²) < 4.78 is 38.2. The Morgan fingerprint density at radius 2 is 2.12 bits per heavy atom. The molecule has 0 aliphatic carbocycles. The van der Waals surface area contributed by atoms with Crippen LogP contribution in [0, 0.1) is 17.6 Å². The van der Waals surface area contributed by atoms with E-state index < -0.39 is 17.4 Å². The molecule has 2 aliphatic rings. The topological polar surface area (TPSA) is 50.8 Å². The van der Waals surface area contributed by atoms with Gasteiger partial charge in [-0.3, -0.25) is 0 Å². The molecule has 1 unspecified atom stereocenters. The predicted octanol–water partition coefficient (Wildman–Crippen LogP) is 2.65. The second-order valence-corrected chi connectivity index (χ2v) is 6.39. The van der Waals surface area contributed by atoms with Crippen molar-refractivity contribution in [1.82, 2.24) is 10.2 Å². The van der Waals surface area contributed by atoms with Gasteiger partial charge >= 0.3 is 6.03 Å². The molecule has 0 saturated carbocycles. The number of rotatable bonds is 3. The fourth-order valence-corrected chi connectivity index (χ4v) is 3.32. The Morgan fingerprint density at radius 1 is 1.38 bits per heavy atom. The largest absolute Gasteiger partial charge is 0.347 e. The summed E-state index contributed by atoms with van der Waals surface area (Å²) in [7, 11) is 0. The summed E-state index contributed by atoms with van der Waals surface area (Å²) in [6.45, 7) is 4.15. The van der Waals surface area contributed by atoms with Crippen molar-refractivity contribution in [3.63, 3.8) is 0 Å². The van der Waals surface area contributed by atoms with Gasteiger partial charge in [-0.2, -0.15) is 0 Å². The normalized spacial score (nSPS) is 23.3. The maximum Gasteiger partial charge on any atom is 0.317 e. The molecular weight excluding hydrogens is 318 g/mol. The maximum atomic E-state index is 13.6. The smallest absolute Gasteiger partial charge is 0.317 e. The molecule has 2 heterocycles. The quantitative estimate of drug-likeness (QED) is 0.920. The highest BCUT2D eigenvalue weighted by atomic mass is 19.1. The zero-order valence-electron chi connectivity index (χ0n) is 13.7. The van der Waals surface area contributed by atoms with Crippen molar-refractivity contribution in [2.45, 2.75) is 32.1 Å². The molecule has 2 saturated heterocycles. The van der Waals surface area contributed by atoms with E-state index in [2.05, 4.69) is 5.32 Å². The SMILES string of the molecule is CC1(C2CCCN(C(=O)NCc3cc(F)ccc3F)C2)OCCO1. The van der Waals surface area contributed by atoms with Gasteiger partial charge in [-0.05, 0) is 38.0 Å². The molecule has 0 radical (unpaired) electrons. The lowest BCUT2D eigenvalue weighted by Gasteiger charge is -2.39. The van der Waals surface area contributed by atoms with E-state index in [-0.39, 0.29) is 24.1 Å². The van der Waals surface area contributed by atoms with Crippen LogP contribution in [0.1, 0.15) is 25.3 Å². The lowest BCUT2D eigenvalue weighted by Crippen LogP contribution is -2.51. The van der Waals surface area contributed by atoms with E-state index in [0.717, 1.165) is 31.0 Å². The van der Waals surface area contributed by atoms with Crippen LogP contribution in [-0.2, 0) is 16.0 Å². The molecule has 1 N–H and O–H groups in total. The summed E-state index contributed by atoms with van der Waals surface area (Å²) in [5.74, 6) is -1.60. The van der Waals surface area contributed by atoms with E-state index in [1.807, 2.05) is 6.92 Å². The van der Waals surface area contributed by atoms with E-state index in [1.165, 1.54) is 0 Å². The molecule has 1 atom stereocenters. The number of carbonyl (C=O) groups is 1. The molecule has 1 aromatic carbocycles. The van der Waals surface area contributed by atoms with Gasteiger partial charge in [0.05, 0.1) is 13.2 Å². The van der Waals surface area contributed by atoms with Crippen molar-refractivity contribution >= 4 is 6.03 Å². The highest BCUT2D eigenvalue weighted by Crippen LogP contribution is 2.34. The molecule has 2 fully saturated rings. The van der Waals surface area contributed by atoms with Crippen molar-refractivity contribution < 1.29 is 23.0 Å². The summed E-state index contributed by atoms with van der Waals surface area (Å²) in [4.78, 5) is 14.0. The lowest BCUT2D eigenvalue weighted by molar-refractivity contribution is -0.189. The number of amides is 2. The predicted molar refractivity (Wildman–Crippen MR) is 83.2 cm³/mol. The van der Waals surface area contributed by atoms with Gasteiger partial charge in [0, 0.05) is 31.1 Å². The molecule has 24 heavy (non-hydrogen) atoms. The van der Waals surface area contributed by atoms with Gasteiger partial charge in [0.25, 0.3) is 0 Å². The van der Waals surface area contributed by atoms with Crippen LogP contribution in [0.2, 0.25) is 0 Å². The summed E-state index contributed by atoms with van der Waals surface area (Å²) >= 11 is 0. The van der Waals surface area contributed by atoms with Crippen LogP contribution in [-0.4, -0.2) is 43.0 Å². The third-order valence-electron chi connectivity index (χ3n) is 4.75. The summed E-state index contributed by atoms with van der Waals surface area (Å²) in [6, 6.07) is 2.92. The van der Waals surface area contributed by atoms with Gasteiger partial charge in [0.2, 0.25) is 0 Å². The summed E-state index contributed by atoms with van der Waals surface area (Å²) in [5, 5.41) is 2.66. The van der Waals surface area contributed by atoms with E-state index in [1.54, 1.807) is 4.90 Å². The number of halogens is 2. The van der Waals surface area contributed by atoms with Gasteiger partial charge in [-0.15, -0.1) is 0 Å². The van der Waals surface area contributed by atoms with Crippen LogP contribution in [0.5, 0.6) is 0 Å². The number of hydrogen-bond donors (Lipinski definition) is 1. The number of nitrogens with one attached hydrogen (secondary N) is 1. The van der Waals surface area contributed by atoms with Crippen LogP contribution >= 0.6 is 0 Å². The van der Waals surface area contributed by atoms with E-state index in [0.29, 0.717) is 26.3 Å². The fraction of sp³-hybridized carbons (Fsp3) is 0.588. The second-order valence-electron chi connectivity index (χ2n) is 6.39. The van der Waals surface area contributed by atoms with Crippen molar-refractivity contribution in [1.29, 1.82) is 0 Å². The molecule has 0 spiro atoms. The number of hydrogen-bond acceptors (Lipinski definition) is 3. The monoisotopic (exact) mass is 340 g/mol. The number of benzene rings is 1. The Kier molecular flexibility index (Phi) is 5.01. The van der Waals surface area contributed by atoms with E-state index >= 15 is 0 Å². The number of urea groups is 1. The third kappa shape index (κ3) is 3.67. The molecule has 5 nitrogen and oxygen atoms in total. The fourth-order valence-electron chi connectivity index (χ4n) is 3.32. The number of carbonyl (C=O) groups excluding carboxylic acids is 1. The lowest BCUT2D eigenvalue weighted by atomic mass is 9.90. The minimum absolute atomic E-state index is 0.0478. The highest BCUT2D eigenvalue weighted by molar-refractivity contribution is 5.74. The van der Waals surface area contributed by atoms with Gasteiger partial charge in [0.15, 0.2) is 5.79 Å². The molecule has 1 aromatic rings. The molecular formula is C17H22F2N2O3. The van der Waals surface area contributed by atoms with Gasteiger partial charge in [-0.1, -0.05) is 0 Å². The summed E-state index contributed by atoms with van der Waals surface area (Å²) in [5.41, 5.74) is 0.131. The minimum atomic E-state index is -0.645. The van der Waals surface area contributed by atoms with Gasteiger partial charge < -0.3 is 19.7 Å². The first-order valence-electron chi connectivity index (χ1n) is 8.22. The van der Waals surface area contributed by atoms with Gasteiger partial charge in [-0.25, -0.2) is 13.6 Å². The average molecular weight is 340 g/mol. The Balaban J connectivity index is 1.57. The Labute approximate surface area is 139 Å². The van der Waals surface area contributed by atoms with Crippen molar-refractivity contribution in [2.75, 3.05) is 26.3 Å². The van der Waals surface area contributed by atoms with Gasteiger partial charge in [0.1, 0.15) is 11.6 Å². The number of piperidine rings is 1. The molecule has 3 rings (SSSR count). The highest BCUT2D eigenvalue weighted by Gasteiger charge is 2.42. The number of likely N-dealkylation sites (tertiary alicyclic amines) is 1.